The minimum absolute atomic E-state index is 0.0583. The predicted molar refractivity (Wildman–Crippen MR) is 124 cm³/mol. The number of rotatable bonds is 6. The lowest BCUT2D eigenvalue weighted by atomic mass is 9.88. The van der Waals surface area contributed by atoms with Crippen molar-refractivity contribution in [3.05, 3.63) is 42.1 Å². The molecule has 0 radical (unpaired) electrons. The number of carbonyl (C=O) groups excluding carboxylic acids is 2. The van der Waals surface area contributed by atoms with Crippen molar-refractivity contribution >= 4 is 17.8 Å². The van der Waals surface area contributed by atoms with E-state index < -0.39 is 46.8 Å². The van der Waals surface area contributed by atoms with Crippen molar-refractivity contribution in [2.75, 3.05) is 0 Å². The molecule has 9 heteroatoms. The van der Waals surface area contributed by atoms with E-state index in [1.54, 1.807) is 6.07 Å². The summed E-state index contributed by atoms with van der Waals surface area (Å²) in [6.45, 7) is 11.3. The number of hydrogen-bond donors (Lipinski definition) is 2. The number of alkyl halides is 2. The molecule has 1 fully saturated rings. The summed E-state index contributed by atoms with van der Waals surface area (Å²) in [5.41, 5.74) is 5.39. The van der Waals surface area contributed by atoms with Gasteiger partial charge in [0.2, 0.25) is 17.8 Å². The second-order valence-electron chi connectivity index (χ2n) is 10.1. The van der Waals surface area contributed by atoms with Crippen molar-refractivity contribution in [3.63, 3.8) is 0 Å². The van der Waals surface area contributed by atoms with Crippen LogP contribution in [-0.4, -0.2) is 39.7 Å². The minimum atomic E-state index is -3.34. The van der Waals surface area contributed by atoms with E-state index in [0.717, 1.165) is 10.5 Å². The molecule has 184 valence electrons. The van der Waals surface area contributed by atoms with Gasteiger partial charge >= 0.3 is 0 Å². The van der Waals surface area contributed by atoms with E-state index in [2.05, 4.69) is 16.9 Å². The Morgan fingerprint density at radius 3 is 2.53 bits per heavy atom. The molecule has 0 saturated heterocycles. The lowest BCUT2D eigenvalue weighted by molar-refractivity contribution is -0.129. The molecule has 1 aromatic rings. The molecule has 0 bridgehead atoms. The summed E-state index contributed by atoms with van der Waals surface area (Å²) in [6.07, 6.45) is 1.69. The fraction of sp³-hybridized carbons (Fsp3) is 0.560. The van der Waals surface area contributed by atoms with Crippen molar-refractivity contribution in [1.82, 2.24) is 10.2 Å². The monoisotopic (exact) mass is 474 g/mol. The number of allylic oxidation sites excluding steroid dienone is 1. The number of benzene rings is 1. The summed E-state index contributed by atoms with van der Waals surface area (Å²) in [5.74, 6) is -7.25. The van der Waals surface area contributed by atoms with E-state index in [4.69, 9.17) is 10.5 Å². The Balaban J connectivity index is 1.53. The third kappa shape index (κ3) is 3.95. The molecule has 1 aromatic carbocycles. The summed E-state index contributed by atoms with van der Waals surface area (Å²) in [5, 5.41) is 2.78. The summed E-state index contributed by atoms with van der Waals surface area (Å²) in [6, 6.07) is 6.76. The van der Waals surface area contributed by atoms with Crippen molar-refractivity contribution in [2.45, 2.75) is 76.5 Å². The number of amides is 2. The molecule has 3 atom stereocenters. The van der Waals surface area contributed by atoms with Gasteiger partial charge < -0.3 is 15.8 Å². The van der Waals surface area contributed by atoms with Gasteiger partial charge in [-0.25, -0.2) is 13.8 Å². The van der Waals surface area contributed by atoms with Gasteiger partial charge in [-0.2, -0.15) is 0 Å². The van der Waals surface area contributed by atoms with Gasteiger partial charge in [0.15, 0.2) is 0 Å². The Morgan fingerprint density at radius 2 is 1.91 bits per heavy atom. The number of aliphatic imine (C=N–C) groups is 1. The number of carbonyl (C=O) groups is 2. The number of nitrogens with one attached hydrogen (secondary N) is 1. The Kier molecular flexibility index (Phi) is 5.73. The number of halogens is 2. The molecule has 0 aromatic heterocycles. The van der Waals surface area contributed by atoms with Crippen LogP contribution in [0.5, 0.6) is 5.75 Å². The highest BCUT2D eigenvalue weighted by Gasteiger charge is 2.74. The van der Waals surface area contributed by atoms with E-state index in [1.807, 2.05) is 45.9 Å². The fourth-order valence-corrected chi connectivity index (χ4v) is 5.19. The van der Waals surface area contributed by atoms with Gasteiger partial charge in [-0.3, -0.25) is 14.5 Å². The van der Waals surface area contributed by atoms with Crippen molar-refractivity contribution in [2.24, 2.45) is 22.6 Å². The number of ether oxygens (including phenoxy) is 1. The zero-order valence-electron chi connectivity index (χ0n) is 20.0. The third-order valence-electron chi connectivity index (χ3n) is 7.30. The Bertz CT molecular complexity index is 1060. The average molecular weight is 475 g/mol. The number of hydrogen-bond acceptors (Lipinski definition) is 5. The Hall–Kier alpha value is -2.97. The normalized spacial score (nSPS) is 28.3. The highest BCUT2D eigenvalue weighted by Crippen LogP contribution is 2.59. The predicted octanol–water partition coefficient (Wildman–Crippen LogP) is 3.91. The molecule has 4 rings (SSSR count). The van der Waals surface area contributed by atoms with Gasteiger partial charge in [0.1, 0.15) is 17.3 Å². The first-order chi connectivity index (χ1) is 15.9. The van der Waals surface area contributed by atoms with Gasteiger partial charge in [-0.1, -0.05) is 38.6 Å². The molecule has 3 aliphatic rings. The first-order valence-electron chi connectivity index (χ1n) is 11.7. The zero-order chi connectivity index (χ0) is 25.1. The molecule has 2 heterocycles. The van der Waals surface area contributed by atoms with Crippen LogP contribution in [0.4, 0.5) is 8.78 Å². The standard InChI is InChI=1S/C25H32F2N4O3/c1-6-24(7-2)13-18(32)31(22(28)30-24)14(3)19-20(25(19,26)27)21(33)29-16-12-23(4,5)34-17-11-9-8-10-15(16)17/h8-11,16,19-20H,3,6-7,12-13H2,1-2,4-5H3,(H2,28,30)(H,29,33)/t16-,19+,20-/m0/s1. The molecule has 0 unspecified atom stereocenters. The van der Waals surface area contributed by atoms with Crippen LogP contribution in [0.2, 0.25) is 0 Å². The van der Waals surface area contributed by atoms with Crippen LogP contribution in [-0.2, 0) is 9.59 Å². The average Bonchev–Trinajstić information content (AvgIpc) is 3.34. The number of nitrogens with zero attached hydrogens (tertiary/aromatic N) is 2. The first kappa shape index (κ1) is 24.2. The van der Waals surface area contributed by atoms with Crippen LogP contribution < -0.4 is 15.8 Å². The summed E-state index contributed by atoms with van der Waals surface area (Å²) in [7, 11) is 0. The quantitative estimate of drug-likeness (QED) is 0.653. The third-order valence-corrected chi connectivity index (χ3v) is 7.30. The van der Waals surface area contributed by atoms with E-state index in [1.165, 1.54) is 0 Å². The van der Waals surface area contributed by atoms with Gasteiger partial charge in [0.25, 0.3) is 5.92 Å². The fourth-order valence-electron chi connectivity index (χ4n) is 5.19. The van der Waals surface area contributed by atoms with Gasteiger partial charge in [0.05, 0.1) is 23.9 Å². The number of para-hydroxylation sites is 1. The smallest absolute Gasteiger partial charge is 0.269 e. The molecule has 2 aliphatic heterocycles. The summed E-state index contributed by atoms with van der Waals surface area (Å²) >= 11 is 0. The second kappa shape index (κ2) is 8.06. The summed E-state index contributed by atoms with van der Waals surface area (Å²) in [4.78, 5) is 31.3. The lowest BCUT2D eigenvalue weighted by Gasteiger charge is -2.38. The zero-order valence-corrected chi connectivity index (χ0v) is 20.0. The van der Waals surface area contributed by atoms with Gasteiger partial charge in [0, 0.05) is 17.7 Å². The van der Waals surface area contributed by atoms with Crippen molar-refractivity contribution < 1.29 is 23.1 Å². The van der Waals surface area contributed by atoms with Crippen LogP contribution in [0, 0.1) is 11.8 Å². The molecule has 0 spiro atoms. The Morgan fingerprint density at radius 1 is 1.26 bits per heavy atom. The molecule has 3 N–H and O–H groups in total. The molecular formula is C25H32F2N4O3. The maximum atomic E-state index is 14.9. The largest absolute Gasteiger partial charge is 0.487 e. The summed E-state index contributed by atoms with van der Waals surface area (Å²) < 4.78 is 35.7. The number of fused-ring (bicyclic) bond motifs is 1. The van der Waals surface area contributed by atoms with Crippen LogP contribution in [0.3, 0.4) is 0 Å². The maximum Gasteiger partial charge on any atom is 0.269 e. The van der Waals surface area contributed by atoms with Crippen LogP contribution in [0.1, 0.15) is 65.0 Å². The van der Waals surface area contributed by atoms with Crippen LogP contribution in [0.15, 0.2) is 41.5 Å². The highest BCUT2D eigenvalue weighted by molar-refractivity contribution is 6.01. The van der Waals surface area contributed by atoms with Crippen LogP contribution >= 0.6 is 0 Å². The SMILES string of the molecule is C=C([C@@H]1[C@@H](C(=O)N[C@H]2CC(C)(C)Oc3ccccc32)C1(F)F)N1C(=O)CC(CC)(CC)N=C1N. The maximum absolute atomic E-state index is 14.9. The van der Waals surface area contributed by atoms with Crippen molar-refractivity contribution in [3.8, 4) is 5.75 Å². The molecule has 34 heavy (non-hydrogen) atoms. The molecule has 1 aliphatic carbocycles. The topological polar surface area (TPSA) is 97.0 Å². The molecule has 7 nitrogen and oxygen atoms in total. The van der Waals surface area contributed by atoms with Crippen molar-refractivity contribution in [1.29, 1.82) is 0 Å². The highest BCUT2D eigenvalue weighted by atomic mass is 19.3. The minimum Gasteiger partial charge on any atom is -0.487 e. The van der Waals surface area contributed by atoms with Gasteiger partial charge in [-0.15, -0.1) is 0 Å². The van der Waals surface area contributed by atoms with Gasteiger partial charge in [-0.05, 0) is 32.8 Å². The molecule has 2 amide bonds. The van der Waals surface area contributed by atoms with E-state index in [-0.39, 0.29) is 18.1 Å². The first-order valence-corrected chi connectivity index (χ1v) is 11.7. The molecular weight excluding hydrogens is 442 g/mol. The number of nitrogens with two attached hydrogens (primary N) is 1. The van der Waals surface area contributed by atoms with E-state index in [0.29, 0.717) is 25.0 Å². The van der Waals surface area contributed by atoms with E-state index in [9.17, 15) is 18.4 Å². The number of guanidine groups is 1. The second-order valence-corrected chi connectivity index (χ2v) is 10.1. The van der Waals surface area contributed by atoms with Crippen LogP contribution in [0.25, 0.3) is 0 Å². The lowest BCUT2D eigenvalue weighted by Crippen LogP contribution is -2.51. The van der Waals surface area contributed by atoms with E-state index >= 15 is 0 Å². The molecule has 1 saturated carbocycles. The Labute approximate surface area is 198 Å².